The smallest absolute Gasteiger partial charge is 0.254 e. The average Bonchev–Trinajstić information content (AvgIpc) is 2.46. The molecule has 1 aromatic carbocycles. The predicted octanol–water partition coefficient (Wildman–Crippen LogP) is 2.99. The van der Waals surface area contributed by atoms with Crippen LogP contribution in [0.2, 0.25) is 0 Å². The third-order valence-electron chi connectivity index (χ3n) is 4.79. The third kappa shape index (κ3) is 3.08. The minimum atomic E-state index is -0.288. The molecular formula is C16H20FIN2O. The maximum atomic E-state index is 13.2. The zero-order chi connectivity index (χ0) is 15.0. The second-order valence-electron chi connectivity index (χ2n) is 6.11. The Bertz CT molecular complexity index is 551. The maximum absolute atomic E-state index is 13.2. The fourth-order valence-corrected chi connectivity index (χ4v) is 4.38. The van der Waals surface area contributed by atoms with Crippen molar-refractivity contribution in [3.63, 3.8) is 0 Å². The second-order valence-corrected chi connectivity index (χ2v) is 7.28. The number of fused-ring (bicyclic) bond motifs is 1. The first-order chi connectivity index (χ1) is 10.1. The van der Waals surface area contributed by atoms with Crippen molar-refractivity contribution in [2.45, 2.75) is 25.3 Å². The number of benzene rings is 1. The molecule has 0 aliphatic carbocycles. The lowest BCUT2D eigenvalue weighted by Crippen LogP contribution is -2.54. The van der Waals surface area contributed by atoms with Crippen LogP contribution in [0, 0.1) is 15.3 Å². The fourth-order valence-electron chi connectivity index (χ4n) is 3.67. The largest absolute Gasteiger partial charge is 0.338 e. The van der Waals surface area contributed by atoms with Crippen LogP contribution in [0.4, 0.5) is 4.39 Å². The first-order valence-corrected chi connectivity index (χ1v) is 8.58. The summed E-state index contributed by atoms with van der Waals surface area (Å²) in [4.78, 5) is 17.1. The highest BCUT2D eigenvalue weighted by Gasteiger charge is 2.36. The number of carbonyl (C=O) groups excluding carboxylic acids is 1. The van der Waals surface area contributed by atoms with E-state index >= 15 is 0 Å². The van der Waals surface area contributed by atoms with E-state index in [-0.39, 0.29) is 11.7 Å². The molecule has 2 atom stereocenters. The van der Waals surface area contributed by atoms with Crippen molar-refractivity contribution < 1.29 is 9.18 Å². The van der Waals surface area contributed by atoms with E-state index in [0.29, 0.717) is 21.1 Å². The summed E-state index contributed by atoms with van der Waals surface area (Å²) < 4.78 is 13.9. The van der Waals surface area contributed by atoms with Crippen LogP contribution in [0.1, 0.15) is 29.6 Å². The van der Waals surface area contributed by atoms with Crippen molar-refractivity contribution in [1.29, 1.82) is 0 Å². The summed E-state index contributed by atoms with van der Waals surface area (Å²) in [7, 11) is 2.19. The highest BCUT2D eigenvalue weighted by Crippen LogP contribution is 2.30. The molecule has 0 aromatic heterocycles. The minimum Gasteiger partial charge on any atom is -0.338 e. The number of nitrogens with zero attached hydrogens (tertiary/aromatic N) is 2. The van der Waals surface area contributed by atoms with Crippen molar-refractivity contribution in [3.05, 3.63) is 33.1 Å². The van der Waals surface area contributed by atoms with Gasteiger partial charge in [0.05, 0.1) is 5.56 Å². The summed E-state index contributed by atoms with van der Waals surface area (Å²) in [6.45, 7) is 2.81. The quantitative estimate of drug-likeness (QED) is 0.675. The molecule has 1 amide bonds. The van der Waals surface area contributed by atoms with Crippen LogP contribution >= 0.6 is 22.6 Å². The minimum absolute atomic E-state index is 0.0473. The standard InChI is InChI=1S/C16H20FIN2O/c1-19-7-2-3-11-10-20(8-6-15(11)19)16(21)13-5-4-12(17)9-14(13)18/h4-5,9,11,15H,2-3,6-8,10H2,1H3. The monoisotopic (exact) mass is 402 g/mol. The third-order valence-corrected chi connectivity index (χ3v) is 5.69. The molecule has 5 heteroatoms. The van der Waals surface area contributed by atoms with Crippen molar-refractivity contribution in [2.75, 3.05) is 26.7 Å². The zero-order valence-electron chi connectivity index (χ0n) is 12.2. The first kappa shape index (κ1) is 15.2. The van der Waals surface area contributed by atoms with Crippen molar-refractivity contribution in [1.82, 2.24) is 9.80 Å². The maximum Gasteiger partial charge on any atom is 0.254 e. The Labute approximate surface area is 138 Å². The van der Waals surface area contributed by atoms with Gasteiger partial charge in [0.2, 0.25) is 0 Å². The number of carbonyl (C=O) groups is 1. The molecule has 2 aliphatic rings. The Hall–Kier alpha value is -0.690. The predicted molar refractivity (Wildman–Crippen MR) is 88.8 cm³/mol. The van der Waals surface area contributed by atoms with Crippen LogP contribution < -0.4 is 0 Å². The van der Waals surface area contributed by atoms with Gasteiger partial charge in [0, 0.05) is 22.7 Å². The van der Waals surface area contributed by atoms with Crippen LogP contribution in [0.25, 0.3) is 0 Å². The molecular weight excluding hydrogens is 382 g/mol. The lowest BCUT2D eigenvalue weighted by atomic mass is 9.84. The van der Waals surface area contributed by atoms with E-state index < -0.39 is 0 Å². The van der Waals surface area contributed by atoms with Crippen LogP contribution in [0.3, 0.4) is 0 Å². The summed E-state index contributed by atoms with van der Waals surface area (Å²) in [5, 5.41) is 0. The molecule has 0 spiro atoms. The molecule has 2 saturated heterocycles. The Kier molecular flexibility index (Phi) is 4.49. The van der Waals surface area contributed by atoms with Gasteiger partial charge in [0.25, 0.3) is 5.91 Å². The highest BCUT2D eigenvalue weighted by atomic mass is 127. The van der Waals surface area contributed by atoms with Gasteiger partial charge in [-0.05, 0) is 79.6 Å². The summed E-state index contributed by atoms with van der Waals surface area (Å²) in [5.41, 5.74) is 0.625. The Morgan fingerprint density at radius 1 is 1.33 bits per heavy atom. The summed E-state index contributed by atoms with van der Waals surface area (Å²) in [6, 6.07) is 5.03. The second kappa shape index (κ2) is 6.20. The number of likely N-dealkylation sites (tertiary alicyclic amines) is 2. The number of hydrogen-bond donors (Lipinski definition) is 0. The van der Waals surface area contributed by atoms with Gasteiger partial charge >= 0.3 is 0 Å². The Morgan fingerprint density at radius 3 is 2.90 bits per heavy atom. The van der Waals surface area contributed by atoms with Crippen molar-refractivity contribution in [3.8, 4) is 0 Å². The zero-order valence-corrected chi connectivity index (χ0v) is 14.3. The topological polar surface area (TPSA) is 23.6 Å². The number of hydrogen-bond acceptors (Lipinski definition) is 2. The van der Waals surface area contributed by atoms with Crippen molar-refractivity contribution >= 4 is 28.5 Å². The molecule has 2 aliphatic heterocycles. The fraction of sp³-hybridized carbons (Fsp3) is 0.562. The molecule has 2 heterocycles. The molecule has 114 valence electrons. The van der Waals surface area contributed by atoms with Gasteiger partial charge in [-0.25, -0.2) is 4.39 Å². The van der Waals surface area contributed by atoms with E-state index in [4.69, 9.17) is 0 Å². The molecule has 1 aromatic rings. The van der Waals surface area contributed by atoms with Crippen LogP contribution in [-0.4, -0.2) is 48.4 Å². The SMILES string of the molecule is CN1CCCC2CN(C(=O)c3ccc(F)cc3I)CCC21. The number of rotatable bonds is 1. The molecule has 21 heavy (non-hydrogen) atoms. The number of piperidine rings is 2. The van der Waals surface area contributed by atoms with E-state index in [1.54, 1.807) is 6.07 Å². The Morgan fingerprint density at radius 2 is 2.14 bits per heavy atom. The Balaban J connectivity index is 1.74. The summed E-state index contributed by atoms with van der Waals surface area (Å²) in [6.07, 6.45) is 3.47. The van der Waals surface area contributed by atoms with Gasteiger partial charge in [-0.1, -0.05) is 0 Å². The molecule has 0 bridgehead atoms. The van der Waals surface area contributed by atoms with Gasteiger partial charge in [-0.3, -0.25) is 4.79 Å². The van der Waals surface area contributed by atoms with Gasteiger partial charge in [-0.2, -0.15) is 0 Å². The van der Waals surface area contributed by atoms with Crippen LogP contribution in [0.15, 0.2) is 18.2 Å². The van der Waals surface area contributed by atoms with Crippen LogP contribution in [-0.2, 0) is 0 Å². The van der Waals surface area contributed by atoms with E-state index in [1.807, 2.05) is 27.5 Å². The van der Waals surface area contributed by atoms with Crippen molar-refractivity contribution in [2.24, 2.45) is 5.92 Å². The summed E-state index contributed by atoms with van der Waals surface area (Å²) >= 11 is 2.04. The molecule has 0 N–H and O–H groups in total. The molecule has 2 unspecified atom stereocenters. The lowest BCUT2D eigenvalue weighted by Gasteiger charge is -2.46. The van der Waals surface area contributed by atoms with E-state index in [1.165, 1.54) is 31.5 Å². The average molecular weight is 402 g/mol. The van der Waals surface area contributed by atoms with Crippen LogP contribution in [0.5, 0.6) is 0 Å². The summed E-state index contributed by atoms with van der Waals surface area (Å²) in [5.74, 6) is 0.342. The van der Waals surface area contributed by atoms with Gasteiger partial charge in [0.1, 0.15) is 5.82 Å². The molecule has 3 nitrogen and oxygen atoms in total. The lowest BCUT2D eigenvalue weighted by molar-refractivity contribution is 0.0316. The molecule has 2 fully saturated rings. The normalized spacial score (nSPS) is 26.5. The molecule has 0 saturated carbocycles. The highest BCUT2D eigenvalue weighted by molar-refractivity contribution is 14.1. The number of halogens is 2. The molecule has 3 rings (SSSR count). The van der Waals surface area contributed by atoms with E-state index in [0.717, 1.165) is 19.5 Å². The number of amides is 1. The van der Waals surface area contributed by atoms with E-state index in [2.05, 4.69) is 11.9 Å². The van der Waals surface area contributed by atoms with Gasteiger partial charge < -0.3 is 9.80 Å². The van der Waals surface area contributed by atoms with E-state index in [9.17, 15) is 9.18 Å². The first-order valence-electron chi connectivity index (χ1n) is 7.51. The van der Waals surface area contributed by atoms with Gasteiger partial charge in [-0.15, -0.1) is 0 Å². The van der Waals surface area contributed by atoms with Gasteiger partial charge in [0.15, 0.2) is 0 Å². The molecule has 0 radical (unpaired) electrons.